The van der Waals surface area contributed by atoms with E-state index < -0.39 is 0 Å². The van der Waals surface area contributed by atoms with Gasteiger partial charge in [-0.15, -0.1) is 0 Å². The van der Waals surface area contributed by atoms with E-state index in [4.69, 9.17) is 0 Å². The van der Waals surface area contributed by atoms with Gasteiger partial charge in [0.1, 0.15) is 0 Å². The maximum absolute atomic E-state index is 4.50. The summed E-state index contributed by atoms with van der Waals surface area (Å²) in [6, 6.07) is 8.80. The molecule has 3 fully saturated rings. The van der Waals surface area contributed by atoms with Gasteiger partial charge in [-0.3, -0.25) is 19.6 Å². The average Bonchev–Trinajstić information content (AvgIpc) is 3.55. The first-order valence-corrected chi connectivity index (χ1v) is 21.2. The van der Waals surface area contributed by atoms with E-state index in [1.165, 1.54) is 142 Å². The molecule has 4 aliphatic heterocycles. The molecule has 4 heterocycles. The Hall–Kier alpha value is -0.745. The van der Waals surface area contributed by atoms with Crippen molar-refractivity contribution in [1.29, 1.82) is 0 Å². The van der Waals surface area contributed by atoms with Crippen LogP contribution in [-0.2, 0) is 13.0 Å². The summed E-state index contributed by atoms with van der Waals surface area (Å²) in [6.45, 7) is 46.3. The number of hydrogen-bond donors (Lipinski definition) is 0. The molecule has 0 aliphatic carbocycles. The molecule has 0 aromatic heterocycles. The van der Waals surface area contributed by atoms with Crippen molar-refractivity contribution in [3.63, 3.8) is 0 Å². The van der Waals surface area contributed by atoms with Crippen LogP contribution >= 0.6 is 0 Å². The average molecular weight is 737 g/mol. The number of nitrogens with zero attached hydrogens (tertiary/aromatic N) is 4. The maximum Gasteiger partial charge on any atom is 0.0606 e. The zero-order valence-electron chi connectivity index (χ0n) is 38.6. The van der Waals surface area contributed by atoms with E-state index in [0.717, 1.165) is 6.54 Å². The molecule has 308 valence electrons. The van der Waals surface area contributed by atoms with E-state index in [1.807, 2.05) is 13.8 Å². The minimum atomic E-state index is 0. The van der Waals surface area contributed by atoms with Crippen LogP contribution in [-0.4, -0.2) is 111 Å². The van der Waals surface area contributed by atoms with Gasteiger partial charge in [0.2, 0.25) is 0 Å². The highest BCUT2D eigenvalue weighted by atomic mass is 15.2. The molecule has 0 N–H and O–H groups in total. The van der Waals surface area contributed by atoms with Crippen LogP contribution in [0.15, 0.2) is 24.3 Å². The van der Waals surface area contributed by atoms with E-state index in [1.54, 1.807) is 0 Å². The smallest absolute Gasteiger partial charge is 0.0606 e. The van der Waals surface area contributed by atoms with Gasteiger partial charge in [-0.1, -0.05) is 85.3 Å². The van der Waals surface area contributed by atoms with Crippen LogP contribution in [0.25, 0.3) is 0 Å². The first kappa shape index (κ1) is 59.0. The van der Waals surface area contributed by atoms with E-state index in [0.29, 0.717) is 22.2 Å². The molecule has 3 saturated heterocycles. The molecule has 4 aliphatic rings. The van der Waals surface area contributed by atoms with Crippen molar-refractivity contribution < 1.29 is 0 Å². The Morgan fingerprint density at radius 1 is 0.377 bits per heavy atom. The zero-order valence-corrected chi connectivity index (χ0v) is 38.6. The number of rotatable bonds is 0. The van der Waals surface area contributed by atoms with Crippen LogP contribution in [0.3, 0.4) is 0 Å². The van der Waals surface area contributed by atoms with Crippen LogP contribution in [0.1, 0.15) is 173 Å². The second-order valence-corrected chi connectivity index (χ2v) is 17.8. The Morgan fingerprint density at radius 3 is 0.906 bits per heavy atom. The maximum atomic E-state index is 4.50. The van der Waals surface area contributed by atoms with Crippen LogP contribution in [0.2, 0.25) is 20.5 Å². The molecule has 1 aromatic rings. The molecule has 0 amide bonds. The molecule has 0 spiro atoms. The quantitative estimate of drug-likeness (QED) is 0.246. The van der Waals surface area contributed by atoms with Gasteiger partial charge in [-0.25, -0.2) is 0 Å². The Bertz CT molecular complexity index is 908. The number of likely N-dealkylation sites (tertiary alicyclic amines) is 3. The van der Waals surface area contributed by atoms with Gasteiger partial charge >= 0.3 is 0 Å². The van der Waals surface area contributed by atoms with Crippen molar-refractivity contribution in [2.75, 3.05) is 45.8 Å². The summed E-state index contributed by atoms with van der Waals surface area (Å²) in [7, 11) is 13.5. The van der Waals surface area contributed by atoms with Crippen molar-refractivity contribution >= 4 is 23.5 Å². The Morgan fingerprint density at radius 2 is 0.623 bits per heavy atom. The summed E-state index contributed by atoms with van der Waals surface area (Å²) < 4.78 is 0. The van der Waals surface area contributed by atoms with Crippen molar-refractivity contribution in [1.82, 2.24) is 19.6 Å². The predicted molar refractivity (Wildman–Crippen MR) is 249 cm³/mol. The standard InChI is InChI=1S/C13H19N.C10H21N.C9H19N.C8H17N.C2H6.3CH3B.CH4/c1-13(2,3)14-9-8-11-6-4-5-7-12(11)10-14;1-10(2,3)11-8-6-4-5-7-9-11;1-9(2,3)10-7-5-4-6-8-10;1-8(2,3)9-6-4-5-7-9;4*1-2;/h4-7H,8-10H2,1-3H3;4-9H2,1-3H3;4-8H2,1-3H3;4-7H2,1-3H3;1-2H3;3*1H3;1H4. The minimum absolute atomic E-state index is 0. The van der Waals surface area contributed by atoms with Gasteiger partial charge in [-0.2, -0.15) is 0 Å². The highest BCUT2D eigenvalue weighted by Crippen LogP contribution is 2.25. The van der Waals surface area contributed by atoms with Crippen molar-refractivity contribution in [2.24, 2.45) is 0 Å². The first-order chi connectivity index (χ1) is 24.4. The lowest BCUT2D eigenvalue weighted by Crippen LogP contribution is -2.44. The minimum Gasteiger partial charge on any atom is -0.298 e. The molecule has 53 heavy (non-hydrogen) atoms. The summed E-state index contributed by atoms with van der Waals surface area (Å²) in [6.07, 6.45) is 13.9. The molecular formula is C46H95B3N4. The lowest BCUT2D eigenvalue weighted by Gasteiger charge is -2.39. The van der Waals surface area contributed by atoms with Gasteiger partial charge in [0.15, 0.2) is 0 Å². The van der Waals surface area contributed by atoms with Crippen LogP contribution in [0.5, 0.6) is 0 Å². The summed E-state index contributed by atoms with van der Waals surface area (Å²) in [5, 5.41) is 0. The molecule has 0 saturated carbocycles. The molecule has 0 atom stereocenters. The number of hydrogen-bond acceptors (Lipinski definition) is 4. The number of benzene rings is 1. The molecule has 6 radical (unpaired) electrons. The van der Waals surface area contributed by atoms with Gasteiger partial charge in [-0.05, 0) is 178 Å². The normalized spacial score (nSPS) is 18.2. The monoisotopic (exact) mass is 737 g/mol. The SMILES string of the molecule is C.CC.CC(C)(C)N1CCCC1.CC(C)(C)N1CCCCC1.CC(C)(C)N1CCCCCC1.CC(C)(C)N1CCc2ccccc2C1.[B]C.[B]C.[B]C. The summed E-state index contributed by atoms with van der Waals surface area (Å²) >= 11 is 0. The molecule has 7 heteroatoms. The Balaban J connectivity index is -0.000000285. The Labute approximate surface area is 341 Å². The van der Waals surface area contributed by atoms with Gasteiger partial charge in [0, 0.05) is 35.2 Å². The molecule has 1 aromatic carbocycles. The summed E-state index contributed by atoms with van der Waals surface area (Å²) in [5.74, 6) is 0. The van der Waals surface area contributed by atoms with Gasteiger partial charge in [0.25, 0.3) is 0 Å². The van der Waals surface area contributed by atoms with Crippen LogP contribution in [0.4, 0.5) is 0 Å². The summed E-state index contributed by atoms with van der Waals surface area (Å²) in [4.78, 5) is 10.3. The number of fused-ring (bicyclic) bond motifs is 1. The molecule has 0 bridgehead atoms. The molecular weight excluding hydrogens is 641 g/mol. The highest BCUT2D eigenvalue weighted by molar-refractivity contribution is 6.06. The van der Waals surface area contributed by atoms with Gasteiger partial charge in [0.05, 0.1) is 23.5 Å². The third-order valence-corrected chi connectivity index (χ3v) is 9.99. The van der Waals surface area contributed by atoms with Crippen molar-refractivity contribution in [3.05, 3.63) is 35.4 Å². The molecule has 5 rings (SSSR count). The van der Waals surface area contributed by atoms with Gasteiger partial charge < -0.3 is 0 Å². The van der Waals surface area contributed by atoms with E-state index in [9.17, 15) is 0 Å². The van der Waals surface area contributed by atoms with E-state index >= 15 is 0 Å². The van der Waals surface area contributed by atoms with Crippen molar-refractivity contribution in [2.45, 2.75) is 218 Å². The van der Waals surface area contributed by atoms with Crippen molar-refractivity contribution in [3.8, 4) is 0 Å². The fourth-order valence-electron chi connectivity index (χ4n) is 6.76. The third-order valence-electron chi connectivity index (χ3n) is 9.99. The topological polar surface area (TPSA) is 13.0 Å². The second kappa shape index (κ2) is 32.4. The number of piperidine rings is 1. The summed E-state index contributed by atoms with van der Waals surface area (Å²) in [5.41, 5.74) is 4.55. The lowest BCUT2D eigenvalue weighted by atomic mass is 9.95. The zero-order chi connectivity index (χ0) is 41.0. The molecule has 4 nitrogen and oxygen atoms in total. The predicted octanol–water partition coefficient (Wildman–Crippen LogP) is 11.9. The second-order valence-electron chi connectivity index (χ2n) is 17.8. The van der Waals surface area contributed by atoms with Crippen LogP contribution in [0, 0.1) is 0 Å². The molecule has 0 unspecified atom stereocenters. The largest absolute Gasteiger partial charge is 0.298 e. The van der Waals surface area contributed by atoms with E-state index in [2.05, 4.69) is 150 Å². The third kappa shape index (κ3) is 27.5. The van der Waals surface area contributed by atoms with E-state index in [-0.39, 0.29) is 7.43 Å². The van der Waals surface area contributed by atoms with Crippen LogP contribution < -0.4 is 0 Å². The highest BCUT2D eigenvalue weighted by Gasteiger charge is 2.26. The Kier molecular flexibility index (Phi) is 36.0. The fraction of sp³-hybridized carbons (Fsp3) is 0.870. The fourth-order valence-corrected chi connectivity index (χ4v) is 6.76. The first-order valence-electron chi connectivity index (χ1n) is 21.2. The lowest BCUT2D eigenvalue weighted by molar-refractivity contribution is 0.111.